The third kappa shape index (κ3) is 4.25. The van der Waals surface area contributed by atoms with Gasteiger partial charge in [-0.2, -0.15) is 0 Å². The number of hydrogen-bond donors (Lipinski definition) is 3. The van der Waals surface area contributed by atoms with Crippen LogP contribution in [0.1, 0.15) is 24.7 Å². The highest BCUT2D eigenvalue weighted by molar-refractivity contribution is 6.12. The summed E-state index contributed by atoms with van der Waals surface area (Å²) in [6, 6.07) is 3.69. The van der Waals surface area contributed by atoms with E-state index in [2.05, 4.69) is 36.7 Å². The van der Waals surface area contributed by atoms with Gasteiger partial charge in [-0.05, 0) is 50.7 Å². The van der Waals surface area contributed by atoms with E-state index in [1.165, 1.54) is 0 Å². The Morgan fingerprint density at radius 1 is 1.33 bits per heavy atom. The van der Waals surface area contributed by atoms with Crippen LogP contribution in [0.4, 0.5) is 10.7 Å². The SMILES string of the molecule is CCNC(=O)Nc1nc2c(-c3ncc(CN(C)C)o3)cc(C3=CCCN=C3)cc2[nH]1. The molecule has 30 heavy (non-hydrogen) atoms. The highest BCUT2D eigenvalue weighted by Crippen LogP contribution is 2.32. The van der Waals surface area contributed by atoms with Crippen LogP contribution in [0.3, 0.4) is 0 Å². The molecule has 0 saturated carbocycles. The molecule has 4 rings (SSSR count). The maximum absolute atomic E-state index is 11.9. The van der Waals surface area contributed by atoms with Gasteiger partial charge >= 0.3 is 6.03 Å². The number of amides is 2. The number of carbonyl (C=O) groups is 1. The van der Waals surface area contributed by atoms with Crippen molar-refractivity contribution in [1.82, 2.24) is 25.2 Å². The van der Waals surface area contributed by atoms with Crippen molar-refractivity contribution in [3.8, 4) is 11.5 Å². The first-order chi connectivity index (χ1) is 14.5. The molecule has 3 aromatic rings. The van der Waals surface area contributed by atoms with E-state index < -0.39 is 0 Å². The standard InChI is InChI=1S/C21H25N7O2/c1-4-23-21(29)27-20-25-17-9-14(13-6-5-7-22-10-13)8-16(18(17)26-20)19-24-11-15(30-19)12-28(2)3/h6,8-11H,4-5,7,12H2,1-3H3,(H3,23,25,26,27,29). The van der Waals surface area contributed by atoms with E-state index in [1.807, 2.05) is 44.3 Å². The first-order valence-corrected chi connectivity index (χ1v) is 9.92. The Hall–Kier alpha value is -3.46. The minimum atomic E-state index is -0.315. The van der Waals surface area contributed by atoms with E-state index in [1.54, 1.807) is 6.20 Å². The Kier molecular flexibility index (Phi) is 5.62. The van der Waals surface area contributed by atoms with Crippen LogP contribution in [0.15, 0.2) is 33.8 Å². The fraction of sp³-hybridized carbons (Fsp3) is 0.333. The molecule has 3 heterocycles. The number of H-pyrrole nitrogens is 1. The van der Waals surface area contributed by atoms with Gasteiger partial charge in [0.1, 0.15) is 11.3 Å². The second-order valence-electron chi connectivity index (χ2n) is 7.34. The topological polar surface area (TPSA) is 111 Å². The van der Waals surface area contributed by atoms with Crippen LogP contribution < -0.4 is 10.6 Å². The number of aromatic nitrogens is 3. The highest BCUT2D eigenvalue weighted by atomic mass is 16.4. The summed E-state index contributed by atoms with van der Waals surface area (Å²) in [7, 11) is 3.95. The van der Waals surface area contributed by atoms with Crippen LogP contribution in [0.2, 0.25) is 0 Å². The number of anilines is 1. The number of fused-ring (bicyclic) bond motifs is 1. The molecule has 9 heteroatoms. The monoisotopic (exact) mass is 407 g/mol. The van der Waals surface area contributed by atoms with E-state index in [0.29, 0.717) is 30.4 Å². The summed E-state index contributed by atoms with van der Waals surface area (Å²) in [5.41, 5.74) is 4.24. The quantitative estimate of drug-likeness (QED) is 0.581. The lowest BCUT2D eigenvalue weighted by atomic mass is 10.0. The number of benzene rings is 1. The van der Waals surface area contributed by atoms with E-state index in [-0.39, 0.29) is 6.03 Å². The summed E-state index contributed by atoms with van der Waals surface area (Å²) in [5, 5.41) is 5.42. The molecule has 2 aromatic heterocycles. The van der Waals surface area contributed by atoms with E-state index in [0.717, 1.165) is 40.9 Å². The number of nitrogens with zero attached hydrogens (tertiary/aromatic N) is 4. The molecular weight excluding hydrogens is 382 g/mol. The smallest absolute Gasteiger partial charge is 0.321 e. The molecule has 0 radical (unpaired) electrons. The summed E-state index contributed by atoms with van der Waals surface area (Å²) in [6.45, 7) is 3.84. The summed E-state index contributed by atoms with van der Waals surface area (Å²) in [6.07, 6.45) is 6.68. The molecule has 3 N–H and O–H groups in total. The summed E-state index contributed by atoms with van der Waals surface area (Å²) in [5.74, 6) is 1.62. The molecule has 0 saturated heterocycles. The lowest BCUT2D eigenvalue weighted by Gasteiger charge is -2.09. The zero-order valence-corrected chi connectivity index (χ0v) is 17.3. The predicted molar refractivity (Wildman–Crippen MR) is 118 cm³/mol. The van der Waals surface area contributed by atoms with Gasteiger partial charge in [0, 0.05) is 19.3 Å². The van der Waals surface area contributed by atoms with Crippen LogP contribution >= 0.6 is 0 Å². The van der Waals surface area contributed by atoms with Crippen molar-refractivity contribution in [3.63, 3.8) is 0 Å². The average molecular weight is 407 g/mol. The molecule has 2 amide bonds. The Balaban J connectivity index is 1.79. The lowest BCUT2D eigenvalue weighted by Crippen LogP contribution is -2.28. The van der Waals surface area contributed by atoms with Crippen molar-refractivity contribution < 1.29 is 9.21 Å². The number of oxazole rings is 1. The molecule has 1 aromatic carbocycles. The minimum absolute atomic E-state index is 0.315. The summed E-state index contributed by atoms with van der Waals surface area (Å²) in [4.78, 5) is 30.6. The molecule has 0 fully saturated rings. The van der Waals surface area contributed by atoms with Gasteiger partial charge in [0.25, 0.3) is 0 Å². The van der Waals surface area contributed by atoms with Gasteiger partial charge in [-0.3, -0.25) is 10.3 Å². The van der Waals surface area contributed by atoms with Gasteiger partial charge in [-0.1, -0.05) is 6.08 Å². The average Bonchev–Trinajstić information content (AvgIpc) is 3.34. The number of hydrogen-bond acceptors (Lipinski definition) is 6. The van der Waals surface area contributed by atoms with Crippen LogP contribution in [0, 0.1) is 0 Å². The van der Waals surface area contributed by atoms with Gasteiger partial charge in [-0.15, -0.1) is 0 Å². The summed E-state index contributed by atoms with van der Waals surface area (Å²) < 4.78 is 6.00. The second-order valence-corrected chi connectivity index (χ2v) is 7.34. The van der Waals surface area contributed by atoms with Gasteiger partial charge in [0.05, 0.1) is 23.8 Å². The third-order valence-corrected chi connectivity index (χ3v) is 4.60. The van der Waals surface area contributed by atoms with E-state index >= 15 is 0 Å². The van der Waals surface area contributed by atoms with Crippen LogP contribution in [-0.4, -0.2) is 59.3 Å². The molecule has 0 spiro atoms. The van der Waals surface area contributed by atoms with Gasteiger partial charge in [0.2, 0.25) is 11.8 Å². The van der Waals surface area contributed by atoms with Gasteiger partial charge in [0.15, 0.2) is 0 Å². The third-order valence-electron chi connectivity index (χ3n) is 4.60. The van der Waals surface area contributed by atoms with Crippen molar-refractivity contribution in [1.29, 1.82) is 0 Å². The second kappa shape index (κ2) is 8.50. The molecule has 0 atom stereocenters. The fourth-order valence-electron chi connectivity index (χ4n) is 3.34. The zero-order valence-electron chi connectivity index (χ0n) is 17.3. The van der Waals surface area contributed by atoms with Crippen molar-refractivity contribution in [3.05, 3.63) is 35.7 Å². The Labute approximate surface area is 174 Å². The maximum atomic E-state index is 11.9. The van der Waals surface area contributed by atoms with Crippen LogP contribution in [0.5, 0.6) is 0 Å². The number of dihydropyridines is 1. The first kappa shape index (κ1) is 19.8. The van der Waals surface area contributed by atoms with E-state index in [4.69, 9.17) is 4.42 Å². The number of nitrogens with one attached hydrogen (secondary N) is 3. The Morgan fingerprint density at radius 2 is 2.20 bits per heavy atom. The number of aromatic amines is 1. The predicted octanol–water partition coefficient (Wildman–Crippen LogP) is 3.28. The number of urea groups is 1. The fourth-order valence-corrected chi connectivity index (χ4v) is 3.34. The number of allylic oxidation sites excluding steroid dienone is 1. The number of imidazole rings is 1. The largest absolute Gasteiger partial charge is 0.440 e. The van der Waals surface area contributed by atoms with Crippen LogP contribution in [0.25, 0.3) is 28.1 Å². The summed E-state index contributed by atoms with van der Waals surface area (Å²) >= 11 is 0. The highest BCUT2D eigenvalue weighted by Gasteiger charge is 2.18. The lowest BCUT2D eigenvalue weighted by molar-refractivity contribution is 0.252. The molecule has 1 aliphatic rings. The van der Waals surface area contributed by atoms with Crippen molar-refractivity contribution in [2.75, 3.05) is 32.5 Å². The molecule has 0 bridgehead atoms. The molecule has 0 aliphatic carbocycles. The molecule has 0 unspecified atom stereocenters. The number of aliphatic imine (C=N–C) groups is 1. The molecule has 156 valence electrons. The Morgan fingerprint density at radius 3 is 2.93 bits per heavy atom. The Bertz CT molecular complexity index is 1120. The number of carbonyl (C=O) groups excluding carboxylic acids is 1. The zero-order chi connectivity index (χ0) is 21.1. The normalized spacial score (nSPS) is 13.7. The van der Waals surface area contributed by atoms with Gasteiger partial charge in [-0.25, -0.2) is 14.8 Å². The van der Waals surface area contributed by atoms with E-state index in [9.17, 15) is 4.79 Å². The van der Waals surface area contributed by atoms with Crippen LogP contribution in [-0.2, 0) is 6.54 Å². The van der Waals surface area contributed by atoms with Crippen molar-refractivity contribution >= 4 is 34.8 Å². The maximum Gasteiger partial charge on any atom is 0.321 e. The molecular formula is C21H25N7O2. The number of rotatable bonds is 6. The van der Waals surface area contributed by atoms with Crippen molar-refractivity contribution in [2.45, 2.75) is 19.9 Å². The minimum Gasteiger partial charge on any atom is -0.440 e. The van der Waals surface area contributed by atoms with Gasteiger partial charge < -0.3 is 19.6 Å². The molecule has 1 aliphatic heterocycles. The van der Waals surface area contributed by atoms with Crippen molar-refractivity contribution in [2.24, 2.45) is 4.99 Å². The first-order valence-electron chi connectivity index (χ1n) is 9.92. The molecule has 9 nitrogen and oxygen atoms in total.